The van der Waals surface area contributed by atoms with Crippen LogP contribution in [0.5, 0.6) is 0 Å². The smallest absolute Gasteiger partial charge is 0.223 e. The highest BCUT2D eigenvalue weighted by atomic mass is 35.5. The second-order valence-electron chi connectivity index (χ2n) is 6.43. The zero-order valence-electron chi connectivity index (χ0n) is 13.8. The molecule has 0 bridgehead atoms. The molecule has 0 saturated carbocycles. The van der Waals surface area contributed by atoms with Gasteiger partial charge in [-0.2, -0.15) is 0 Å². The quantitative estimate of drug-likeness (QED) is 0.887. The van der Waals surface area contributed by atoms with Gasteiger partial charge in [0.05, 0.1) is 25.2 Å². The van der Waals surface area contributed by atoms with E-state index < -0.39 is 0 Å². The highest BCUT2D eigenvalue weighted by Crippen LogP contribution is 2.24. The molecule has 2 unspecified atom stereocenters. The number of morpholine rings is 1. The lowest BCUT2D eigenvalue weighted by Gasteiger charge is -2.24. The molecule has 1 aliphatic heterocycles. The minimum absolute atomic E-state index is 0. The molecular formula is C18H27ClN2O2. The van der Waals surface area contributed by atoms with Crippen molar-refractivity contribution in [3.05, 3.63) is 34.9 Å². The largest absolute Gasteiger partial charge is 0.375 e. The van der Waals surface area contributed by atoms with Gasteiger partial charge in [0.15, 0.2) is 0 Å². The van der Waals surface area contributed by atoms with Crippen molar-refractivity contribution < 1.29 is 9.53 Å². The first-order chi connectivity index (χ1) is 10.7. The van der Waals surface area contributed by atoms with Gasteiger partial charge in [-0.1, -0.05) is 18.2 Å². The Morgan fingerprint density at radius 3 is 2.87 bits per heavy atom. The van der Waals surface area contributed by atoms with E-state index in [9.17, 15) is 4.79 Å². The van der Waals surface area contributed by atoms with Crippen LogP contribution < -0.4 is 10.6 Å². The molecule has 0 radical (unpaired) electrons. The van der Waals surface area contributed by atoms with Crippen LogP contribution in [0.2, 0.25) is 0 Å². The van der Waals surface area contributed by atoms with Gasteiger partial charge in [0, 0.05) is 13.1 Å². The van der Waals surface area contributed by atoms with Crippen molar-refractivity contribution >= 4 is 18.3 Å². The average Bonchev–Trinajstić information content (AvgIpc) is 2.55. The van der Waals surface area contributed by atoms with E-state index >= 15 is 0 Å². The van der Waals surface area contributed by atoms with Crippen molar-refractivity contribution in [2.24, 2.45) is 0 Å². The molecule has 2 aliphatic rings. The van der Waals surface area contributed by atoms with Crippen molar-refractivity contribution in [3.8, 4) is 0 Å². The molecule has 128 valence electrons. The van der Waals surface area contributed by atoms with E-state index in [1.807, 2.05) is 0 Å². The zero-order valence-corrected chi connectivity index (χ0v) is 14.6. The highest BCUT2D eigenvalue weighted by molar-refractivity contribution is 5.85. The Kier molecular flexibility index (Phi) is 6.88. The Balaban J connectivity index is 0.00000192. The molecule has 1 amide bonds. The second-order valence-corrected chi connectivity index (χ2v) is 6.43. The van der Waals surface area contributed by atoms with Crippen LogP contribution in [0.3, 0.4) is 0 Å². The third-order valence-corrected chi connectivity index (χ3v) is 4.67. The monoisotopic (exact) mass is 338 g/mol. The van der Waals surface area contributed by atoms with Crippen LogP contribution in [0.25, 0.3) is 0 Å². The SMILES string of the molecule is CC(NC(=O)CC1CNCCO1)c1ccc2c(c1)CCCC2.Cl. The molecular weight excluding hydrogens is 312 g/mol. The van der Waals surface area contributed by atoms with E-state index in [2.05, 4.69) is 35.8 Å². The van der Waals surface area contributed by atoms with Gasteiger partial charge in [-0.05, 0) is 49.3 Å². The third-order valence-electron chi connectivity index (χ3n) is 4.67. The molecule has 1 fully saturated rings. The van der Waals surface area contributed by atoms with Crippen molar-refractivity contribution in [1.82, 2.24) is 10.6 Å². The van der Waals surface area contributed by atoms with Crippen LogP contribution in [-0.4, -0.2) is 31.7 Å². The molecule has 0 aromatic heterocycles. The lowest BCUT2D eigenvalue weighted by molar-refractivity contribution is -0.125. The summed E-state index contributed by atoms with van der Waals surface area (Å²) in [5, 5.41) is 6.36. The number of amides is 1. The molecule has 1 aliphatic carbocycles. The zero-order chi connectivity index (χ0) is 15.4. The molecule has 1 saturated heterocycles. The Bertz CT molecular complexity index is 530. The van der Waals surface area contributed by atoms with E-state index in [0.717, 1.165) is 13.1 Å². The third kappa shape index (κ3) is 4.93. The van der Waals surface area contributed by atoms with Crippen LogP contribution in [-0.2, 0) is 22.4 Å². The Labute approximate surface area is 144 Å². The number of aryl methyl sites for hydroxylation is 2. The molecule has 2 atom stereocenters. The van der Waals surface area contributed by atoms with Gasteiger partial charge in [-0.25, -0.2) is 0 Å². The molecule has 1 heterocycles. The number of hydrogen-bond acceptors (Lipinski definition) is 3. The Morgan fingerprint density at radius 2 is 2.13 bits per heavy atom. The van der Waals surface area contributed by atoms with Gasteiger partial charge in [0.2, 0.25) is 5.91 Å². The van der Waals surface area contributed by atoms with Crippen LogP contribution >= 0.6 is 12.4 Å². The number of carbonyl (C=O) groups is 1. The van der Waals surface area contributed by atoms with Crippen LogP contribution in [0, 0.1) is 0 Å². The molecule has 1 aromatic rings. The number of fused-ring (bicyclic) bond motifs is 1. The maximum Gasteiger partial charge on any atom is 0.223 e. The minimum atomic E-state index is 0. The Hall–Kier alpha value is -1.10. The summed E-state index contributed by atoms with van der Waals surface area (Å²) >= 11 is 0. The predicted molar refractivity (Wildman–Crippen MR) is 94.1 cm³/mol. The molecule has 1 aromatic carbocycles. The summed E-state index contributed by atoms with van der Waals surface area (Å²) < 4.78 is 5.59. The fourth-order valence-corrected chi connectivity index (χ4v) is 3.36. The fraction of sp³-hybridized carbons (Fsp3) is 0.611. The average molecular weight is 339 g/mol. The lowest BCUT2D eigenvalue weighted by atomic mass is 9.89. The molecule has 23 heavy (non-hydrogen) atoms. The number of hydrogen-bond donors (Lipinski definition) is 2. The molecule has 3 rings (SSSR count). The first-order valence-corrected chi connectivity index (χ1v) is 8.46. The molecule has 2 N–H and O–H groups in total. The Morgan fingerprint density at radius 1 is 1.35 bits per heavy atom. The normalized spacial score (nSPS) is 21.7. The van der Waals surface area contributed by atoms with Gasteiger partial charge in [0.25, 0.3) is 0 Å². The topological polar surface area (TPSA) is 50.4 Å². The van der Waals surface area contributed by atoms with E-state index in [0.29, 0.717) is 13.0 Å². The molecule has 4 nitrogen and oxygen atoms in total. The summed E-state index contributed by atoms with van der Waals surface area (Å²) in [6.07, 6.45) is 5.39. The minimum Gasteiger partial charge on any atom is -0.375 e. The number of carbonyl (C=O) groups excluding carboxylic acids is 1. The highest BCUT2D eigenvalue weighted by Gasteiger charge is 2.19. The first-order valence-electron chi connectivity index (χ1n) is 8.46. The van der Waals surface area contributed by atoms with Crippen LogP contribution in [0.4, 0.5) is 0 Å². The summed E-state index contributed by atoms with van der Waals surface area (Å²) in [7, 11) is 0. The summed E-state index contributed by atoms with van der Waals surface area (Å²) in [5.74, 6) is 0.0684. The van der Waals surface area contributed by atoms with Crippen LogP contribution in [0.1, 0.15) is 48.9 Å². The first kappa shape index (κ1) is 18.2. The lowest BCUT2D eigenvalue weighted by Crippen LogP contribution is -2.41. The van der Waals surface area contributed by atoms with Gasteiger partial charge < -0.3 is 15.4 Å². The van der Waals surface area contributed by atoms with Gasteiger partial charge in [-0.3, -0.25) is 4.79 Å². The van der Waals surface area contributed by atoms with Gasteiger partial charge >= 0.3 is 0 Å². The van der Waals surface area contributed by atoms with Crippen molar-refractivity contribution in [1.29, 1.82) is 0 Å². The summed E-state index contributed by atoms with van der Waals surface area (Å²) in [5.41, 5.74) is 4.15. The van der Waals surface area contributed by atoms with Gasteiger partial charge in [0.1, 0.15) is 0 Å². The number of nitrogens with one attached hydrogen (secondary N) is 2. The van der Waals surface area contributed by atoms with Crippen molar-refractivity contribution in [2.45, 2.75) is 51.2 Å². The summed E-state index contributed by atoms with van der Waals surface area (Å²) in [6.45, 7) is 4.39. The fourth-order valence-electron chi connectivity index (χ4n) is 3.36. The maximum atomic E-state index is 12.2. The second kappa shape index (κ2) is 8.67. The maximum absolute atomic E-state index is 12.2. The van der Waals surface area contributed by atoms with Gasteiger partial charge in [-0.15, -0.1) is 12.4 Å². The van der Waals surface area contributed by atoms with Crippen molar-refractivity contribution in [3.63, 3.8) is 0 Å². The van der Waals surface area contributed by atoms with E-state index in [-0.39, 0.29) is 30.5 Å². The standard InChI is InChI=1S/C18H26N2O2.ClH/c1-13(20-18(21)11-17-12-19-8-9-22-17)15-7-6-14-4-2-3-5-16(14)10-15;/h6-7,10,13,17,19H,2-5,8-9,11-12H2,1H3,(H,20,21);1H. The summed E-state index contributed by atoms with van der Waals surface area (Å²) in [4.78, 5) is 12.2. The summed E-state index contributed by atoms with van der Waals surface area (Å²) in [6, 6.07) is 6.73. The molecule has 0 spiro atoms. The number of ether oxygens (including phenoxy) is 1. The van der Waals surface area contributed by atoms with E-state index in [1.165, 1.54) is 42.4 Å². The predicted octanol–water partition coefficient (Wildman–Crippen LogP) is 2.54. The number of halogens is 1. The van der Waals surface area contributed by atoms with Crippen LogP contribution in [0.15, 0.2) is 18.2 Å². The number of rotatable bonds is 4. The van der Waals surface area contributed by atoms with E-state index in [1.54, 1.807) is 0 Å². The van der Waals surface area contributed by atoms with Crippen molar-refractivity contribution in [2.75, 3.05) is 19.7 Å². The number of benzene rings is 1. The van der Waals surface area contributed by atoms with E-state index in [4.69, 9.17) is 4.74 Å². The molecule has 5 heteroatoms.